The summed E-state index contributed by atoms with van der Waals surface area (Å²) in [6, 6.07) is 7.56. The number of nitrogens with zero attached hydrogens (tertiary/aromatic N) is 1. The van der Waals surface area contributed by atoms with Crippen LogP contribution in [0.3, 0.4) is 0 Å². The Balaban J connectivity index is 2.74. The van der Waals surface area contributed by atoms with E-state index in [1.54, 1.807) is 6.92 Å². The maximum Gasteiger partial charge on any atom is 0.340 e. The highest BCUT2D eigenvalue weighted by Crippen LogP contribution is 2.18. The van der Waals surface area contributed by atoms with Crippen molar-refractivity contribution in [2.75, 3.05) is 7.11 Å². The first-order valence-electron chi connectivity index (χ1n) is 5.36. The largest absolute Gasteiger partial charge is 0.467 e. The highest BCUT2D eigenvalue weighted by Gasteiger charge is 2.18. The van der Waals surface area contributed by atoms with E-state index in [-0.39, 0.29) is 6.42 Å². The molecule has 1 aromatic carbocycles. The number of carbonyl (C=O) groups excluding carboxylic acids is 1. The van der Waals surface area contributed by atoms with Gasteiger partial charge in [-0.15, -0.1) is 0 Å². The van der Waals surface area contributed by atoms with E-state index in [0.29, 0.717) is 5.71 Å². The molecule has 1 aromatic rings. The fraction of sp³-hybridized carbons (Fsp3) is 0.385. The molecule has 0 amide bonds. The number of alkyl halides is 1. The summed E-state index contributed by atoms with van der Waals surface area (Å²) in [6.45, 7) is 3.63. The Kier molecular flexibility index (Phi) is 4.82. The first-order chi connectivity index (χ1) is 8.04. The molecule has 1 unspecified atom stereocenters. The van der Waals surface area contributed by atoms with E-state index in [2.05, 4.69) is 9.73 Å². The average Bonchev–Trinajstić information content (AvgIpc) is 2.31. The molecule has 0 bridgehead atoms. The van der Waals surface area contributed by atoms with Crippen LogP contribution in [0.25, 0.3) is 0 Å². The molecule has 17 heavy (non-hydrogen) atoms. The predicted octanol–water partition coefficient (Wildman–Crippen LogP) is 2.99. The lowest BCUT2D eigenvalue weighted by Gasteiger charge is -2.06. The number of carbonyl (C=O) groups is 1. The topological polar surface area (TPSA) is 38.7 Å². The number of hydrogen-bond donors (Lipinski definition) is 0. The second kappa shape index (κ2) is 6.13. The lowest BCUT2D eigenvalue weighted by molar-refractivity contribution is -0.146. The number of methoxy groups -OCH3 is 1. The molecule has 0 aliphatic rings. The van der Waals surface area contributed by atoms with Crippen molar-refractivity contribution in [2.45, 2.75) is 26.4 Å². The predicted molar refractivity (Wildman–Crippen MR) is 65.5 cm³/mol. The summed E-state index contributed by atoms with van der Waals surface area (Å²) < 4.78 is 17.6. The van der Waals surface area contributed by atoms with Crippen molar-refractivity contribution in [3.63, 3.8) is 0 Å². The van der Waals surface area contributed by atoms with Crippen LogP contribution in [-0.4, -0.2) is 25.0 Å². The van der Waals surface area contributed by atoms with E-state index < -0.39 is 12.1 Å². The number of esters is 1. The molecule has 0 fully saturated rings. The number of ether oxygens (including phenoxy) is 1. The van der Waals surface area contributed by atoms with Gasteiger partial charge in [-0.1, -0.05) is 18.2 Å². The van der Waals surface area contributed by atoms with Crippen LogP contribution < -0.4 is 0 Å². The van der Waals surface area contributed by atoms with Crippen molar-refractivity contribution in [1.82, 2.24) is 0 Å². The van der Waals surface area contributed by atoms with Crippen LogP contribution in [0.4, 0.5) is 10.1 Å². The van der Waals surface area contributed by atoms with E-state index in [4.69, 9.17) is 0 Å². The van der Waals surface area contributed by atoms with E-state index >= 15 is 0 Å². The minimum atomic E-state index is -1.65. The number of hydrogen-bond acceptors (Lipinski definition) is 3. The van der Waals surface area contributed by atoms with Crippen LogP contribution in [0.5, 0.6) is 0 Å². The maximum absolute atomic E-state index is 13.3. The molecule has 0 spiro atoms. The number of aliphatic imine (C=N–C) groups is 1. The van der Waals surface area contributed by atoms with Crippen LogP contribution in [0.15, 0.2) is 29.3 Å². The van der Waals surface area contributed by atoms with Crippen molar-refractivity contribution in [3.05, 3.63) is 29.8 Å². The molecule has 4 heteroatoms. The SMILES string of the molecule is COC(=O)C(F)CC(C)=Nc1ccccc1C. The van der Waals surface area contributed by atoms with Gasteiger partial charge in [-0.3, -0.25) is 4.99 Å². The Morgan fingerprint density at radius 2 is 2.12 bits per heavy atom. The van der Waals surface area contributed by atoms with Gasteiger partial charge in [-0.2, -0.15) is 0 Å². The summed E-state index contributed by atoms with van der Waals surface area (Å²) in [7, 11) is 1.17. The summed E-state index contributed by atoms with van der Waals surface area (Å²) in [6.07, 6.45) is -1.69. The average molecular weight is 237 g/mol. The molecule has 1 atom stereocenters. The molecule has 0 N–H and O–H groups in total. The van der Waals surface area contributed by atoms with Crippen LogP contribution in [0, 0.1) is 6.92 Å². The lowest BCUT2D eigenvalue weighted by Crippen LogP contribution is -2.19. The Morgan fingerprint density at radius 1 is 1.47 bits per heavy atom. The third-order valence-corrected chi connectivity index (χ3v) is 2.36. The zero-order valence-corrected chi connectivity index (χ0v) is 10.2. The van der Waals surface area contributed by atoms with Gasteiger partial charge in [-0.25, -0.2) is 9.18 Å². The van der Waals surface area contributed by atoms with Crippen molar-refractivity contribution < 1.29 is 13.9 Å². The molecule has 0 aromatic heterocycles. The fourth-order valence-corrected chi connectivity index (χ4v) is 1.41. The molecule has 0 saturated heterocycles. The summed E-state index contributed by atoms with van der Waals surface area (Å²) >= 11 is 0. The highest BCUT2D eigenvalue weighted by molar-refractivity contribution is 5.89. The smallest absolute Gasteiger partial charge is 0.340 e. The third-order valence-electron chi connectivity index (χ3n) is 2.36. The second-order valence-electron chi connectivity index (χ2n) is 3.83. The normalized spacial score (nSPS) is 13.3. The minimum absolute atomic E-state index is 0.0407. The number of para-hydroxylation sites is 1. The Morgan fingerprint density at radius 3 is 2.71 bits per heavy atom. The molecular weight excluding hydrogens is 221 g/mol. The number of benzene rings is 1. The molecule has 3 nitrogen and oxygen atoms in total. The quantitative estimate of drug-likeness (QED) is 0.596. The standard InChI is InChI=1S/C13H16FNO2/c1-9-6-4-5-7-12(9)15-10(2)8-11(14)13(16)17-3/h4-7,11H,8H2,1-3H3. The van der Waals surface area contributed by atoms with E-state index in [9.17, 15) is 9.18 Å². The van der Waals surface area contributed by atoms with Crippen LogP contribution in [0.2, 0.25) is 0 Å². The Hall–Kier alpha value is -1.71. The van der Waals surface area contributed by atoms with Gasteiger partial charge in [0, 0.05) is 12.1 Å². The molecule has 92 valence electrons. The fourth-order valence-electron chi connectivity index (χ4n) is 1.41. The van der Waals surface area contributed by atoms with E-state index in [1.807, 2.05) is 31.2 Å². The summed E-state index contributed by atoms with van der Waals surface area (Å²) in [5.41, 5.74) is 2.37. The van der Waals surface area contributed by atoms with Gasteiger partial charge in [0.2, 0.25) is 6.17 Å². The van der Waals surface area contributed by atoms with Crippen LogP contribution in [0.1, 0.15) is 18.9 Å². The zero-order valence-electron chi connectivity index (χ0n) is 10.2. The summed E-state index contributed by atoms with van der Waals surface area (Å²) in [5, 5.41) is 0. The van der Waals surface area contributed by atoms with E-state index in [1.165, 1.54) is 7.11 Å². The molecule has 1 rings (SSSR count). The maximum atomic E-state index is 13.3. The monoisotopic (exact) mass is 237 g/mol. The third kappa shape index (κ3) is 3.98. The number of aryl methyl sites for hydroxylation is 1. The van der Waals surface area contributed by atoms with Crippen molar-refractivity contribution >= 4 is 17.4 Å². The van der Waals surface area contributed by atoms with Gasteiger partial charge in [0.25, 0.3) is 0 Å². The zero-order chi connectivity index (χ0) is 12.8. The Bertz CT molecular complexity index is 429. The van der Waals surface area contributed by atoms with Gasteiger partial charge in [0.05, 0.1) is 12.8 Å². The number of rotatable bonds is 4. The highest BCUT2D eigenvalue weighted by atomic mass is 19.1. The van der Waals surface area contributed by atoms with Crippen LogP contribution in [-0.2, 0) is 9.53 Å². The molecular formula is C13H16FNO2. The second-order valence-corrected chi connectivity index (χ2v) is 3.83. The first-order valence-corrected chi connectivity index (χ1v) is 5.36. The molecule has 0 radical (unpaired) electrons. The van der Waals surface area contributed by atoms with Crippen molar-refractivity contribution in [1.29, 1.82) is 0 Å². The lowest BCUT2D eigenvalue weighted by atomic mass is 10.1. The molecule has 0 aliphatic heterocycles. The summed E-state index contributed by atoms with van der Waals surface area (Å²) in [5.74, 6) is -0.857. The summed E-state index contributed by atoms with van der Waals surface area (Å²) in [4.78, 5) is 15.2. The Labute approximate surface area is 100 Å². The van der Waals surface area contributed by atoms with E-state index in [0.717, 1.165) is 11.3 Å². The molecule has 0 saturated carbocycles. The van der Waals surface area contributed by atoms with Gasteiger partial charge in [0.15, 0.2) is 0 Å². The van der Waals surface area contributed by atoms with Crippen molar-refractivity contribution in [2.24, 2.45) is 4.99 Å². The molecule has 0 heterocycles. The first kappa shape index (κ1) is 13.4. The minimum Gasteiger partial charge on any atom is -0.467 e. The molecule has 0 aliphatic carbocycles. The van der Waals surface area contributed by atoms with Crippen molar-refractivity contribution in [3.8, 4) is 0 Å². The number of halogens is 1. The van der Waals surface area contributed by atoms with Gasteiger partial charge in [-0.05, 0) is 25.5 Å². The van der Waals surface area contributed by atoms with Crippen LogP contribution >= 0.6 is 0 Å². The van der Waals surface area contributed by atoms with Gasteiger partial charge >= 0.3 is 5.97 Å². The van der Waals surface area contributed by atoms with Gasteiger partial charge < -0.3 is 4.74 Å². The van der Waals surface area contributed by atoms with Gasteiger partial charge in [0.1, 0.15) is 0 Å².